The summed E-state index contributed by atoms with van der Waals surface area (Å²) < 4.78 is 5.92. The molecule has 1 aromatic carbocycles. The van der Waals surface area contributed by atoms with Gasteiger partial charge in [-0.3, -0.25) is 0 Å². The van der Waals surface area contributed by atoms with Crippen molar-refractivity contribution in [1.29, 1.82) is 0 Å². The van der Waals surface area contributed by atoms with Crippen molar-refractivity contribution in [2.45, 2.75) is 45.8 Å². The average molecular weight is 302 g/mol. The van der Waals surface area contributed by atoms with Crippen LogP contribution in [-0.2, 0) is 13.0 Å². The molecule has 1 aliphatic rings. The van der Waals surface area contributed by atoms with Crippen molar-refractivity contribution >= 4 is 11.3 Å². The lowest BCUT2D eigenvalue weighted by molar-refractivity contribution is 0.304. The third-order valence-electron chi connectivity index (χ3n) is 3.91. The van der Waals surface area contributed by atoms with E-state index < -0.39 is 0 Å². The largest absolute Gasteiger partial charge is 0.486 e. The van der Waals surface area contributed by atoms with E-state index in [0.717, 1.165) is 23.0 Å². The fourth-order valence-corrected chi connectivity index (χ4v) is 3.62. The molecule has 112 valence electrons. The van der Waals surface area contributed by atoms with Crippen LogP contribution in [0.15, 0.2) is 23.6 Å². The van der Waals surface area contributed by atoms with E-state index in [1.54, 1.807) is 11.3 Å². The van der Waals surface area contributed by atoms with Crippen LogP contribution in [-0.4, -0.2) is 11.5 Å². The van der Waals surface area contributed by atoms with Gasteiger partial charge in [-0.15, -0.1) is 11.3 Å². The molecule has 21 heavy (non-hydrogen) atoms. The summed E-state index contributed by atoms with van der Waals surface area (Å²) in [4.78, 5) is 4.44. The quantitative estimate of drug-likeness (QED) is 0.906. The minimum atomic E-state index is 0.476. The van der Waals surface area contributed by atoms with Crippen molar-refractivity contribution in [2.24, 2.45) is 0 Å². The molecule has 1 atom stereocenters. The van der Waals surface area contributed by atoms with Gasteiger partial charge in [0.2, 0.25) is 0 Å². The molecule has 0 spiro atoms. The molecule has 0 saturated carbocycles. The van der Waals surface area contributed by atoms with E-state index in [0.29, 0.717) is 12.6 Å². The normalized spacial score (nSPS) is 17.5. The predicted octanol–water partition coefficient (Wildman–Crippen LogP) is 4.02. The van der Waals surface area contributed by atoms with Gasteiger partial charge in [-0.2, -0.15) is 0 Å². The molecule has 0 aliphatic heterocycles. The number of nitrogens with one attached hydrogen (secondary N) is 1. The van der Waals surface area contributed by atoms with Crippen LogP contribution in [0.1, 0.15) is 47.6 Å². The molecular formula is C17H22N2OS. The number of rotatable bonds is 5. The summed E-state index contributed by atoms with van der Waals surface area (Å²) in [5, 5.41) is 6.68. The van der Waals surface area contributed by atoms with Gasteiger partial charge in [0, 0.05) is 17.1 Å². The molecule has 1 heterocycles. The lowest BCUT2D eigenvalue weighted by atomic mass is 9.87. The zero-order valence-corrected chi connectivity index (χ0v) is 13.5. The van der Waals surface area contributed by atoms with Gasteiger partial charge in [0.15, 0.2) is 0 Å². The summed E-state index contributed by atoms with van der Waals surface area (Å²) >= 11 is 1.66. The number of hydrogen-bond acceptors (Lipinski definition) is 4. The highest BCUT2D eigenvalue weighted by atomic mass is 32.1. The van der Waals surface area contributed by atoms with Gasteiger partial charge in [-0.05, 0) is 56.0 Å². The Morgan fingerprint density at radius 3 is 3.10 bits per heavy atom. The van der Waals surface area contributed by atoms with E-state index in [1.165, 1.54) is 30.4 Å². The van der Waals surface area contributed by atoms with E-state index in [2.05, 4.69) is 40.8 Å². The van der Waals surface area contributed by atoms with Gasteiger partial charge in [0.1, 0.15) is 17.4 Å². The van der Waals surface area contributed by atoms with Crippen LogP contribution < -0.4 is 10.1 Å². The summed E-state index contributed by atoms with van der Waals surface area (Å²) in [6.07, 6.45) is 3.67. The number of hydrogen-bond donors (Lipinski definition) is 1. The Labute approximate surface area is 130 Å². The molecule has 0 radical (unpaired) electrons. The number of aromatic nitrogens is 1. The van der Waals surface area contributed by atoms with Crippen LogP contribution >= 0.6 is 11.3 Å². The first-order chi connectivity index (χ1) is 10.3. The summed E-state index contributed by atoms with van der Waals surface area (Å²) in [5.74, 6) is 0.950. The Bertz CT molecular complexity index is 609. The van der Waals surface area contributed by atoms with Crippen molar-refractivity contribution in [2.75, 3.05) is 6.54 Å². The average Bonchev–Trinajstić information content (AvgIpc) is 2.91. The first-order valence-corrected chi connectivity index (χ1v) is 8.54. The molecule has 3 rings (SSSR count). The number of nitrogens with zero attached hydrogens (tertiary/aromatic N) is 1. The minimum absolute atomic E-state index is 0.476. The Hall–Kier alpha value is -1.39. The van der Waals surface area contributed by atoms with Crippen LogP contribution in [0.3, 0.4) is 0 Å². The van der Waals surface area contributed by atoms with Crippen LogP contribution in [0, 0.1) is 6.92 Å². The molecule has 1 aliphatic carbocycles. The summed E-state index contributed by atoms with van der Waals surface area (Å²) in [6, 6.07) is 7.00. The minimum Gasteiger partial charge on any atom is -0.486 e. The highest BCUT2D eigenvalue weighted by molar-refractivity contribution is 7.09. The van der Waals surface area contributed by atoms with Crippen LogP contribution in [0.25, 0.3) is 0 Å². The molecule has 0 saturated heterocycles. The van der Waals surface area contributed by atoms with Gasteiger partial charge >= 0.3 is 0 Å². The van der Waals surface area contributed by atoms with Gasteiger partial charge in [0.25, 0.3) is 0 Å². The zero-order valence-electron chi connectivity index (χ0n) is 12.7. The maximum absolute atomic E-state index is 5.92. The Morgan fingerprint density at radius 2 is 2.33 bits per heavy atom. The van der Waals surface area contributed by atoms with Crippen molar-refractivity contribution < 1.29 is 4.74 Å². The monoisotopic (exact) mass is 302 g/mol. The molecule has 3 nitrogen and oxygen atoms in total. The zero-order chi connectivity index (χ0) is 14.7. The molecular weight excluding hydrogens is 280 g/mol. The summed E-state index contributed by atoms with van der Waals surface area (Å²) in [7, 11) is 0. The van der Waals surface area contributed by atoms with E-state index in [4.69, 9.17) is 4.74 Å². The Balaban J connectivity index is 1.73. The fourth-order valence-electron chi connectivity index (χ4n) is 2.94. The molecule has 0 fully saturated rings. The lowest BCUT2D eigenvalue weighted by Crippen LogP contribution is -2.24. The van der Waals surface area contributed by atoms with Crippen molar-refractivity contribution in [1.82, 2.24) is 10.3 Å². The SMILES string of the molecule is CCNC1CCCc2ccc(OCc3nc(C)cs3)cc21. The standard InChI is InChI=1S/C17H22N2OS/c1-3-18-16-6-4-5-13-7-8-14(9-15(13)16)20-10-17-19-12(2)11-21-17/h7-9,11,16,18H,3-6,10H2,1-2H3. The number of thiazole rings is 1. The van der Waals surface area contributed by atoms with Crippen LogP contribution in [0.5, 0.6) is 5.75 Å². The summed E-state index contributed by atoms with van der Waals surface area (Å²) in [5.41, 5.74) is 3.94. The number of fused-ring (bicyclic) bond motifs is 1. The molecule has 4 heteroatoms. The smallest absolute Gasteiger partial charge is 0.140 e. The molecule has 2 aromatic rings. The molecule has 1 N–H and O–H groups in total. The number of benzene rings is 1. The second kappa shape index (κ2) is 6.58. The first-order valence-electron chi connectivity index (χ1n) is 7.66. The molecule has 1 aromatic heterocycles. The second-order valence-electron chi connectivity index (χ2n) is 5.53. The van der Waals surface area contributed by atoms with Gasteiger partial charge in [-0.1, -0.05) is 13.0 Å². The van der Waals surface area contributed by atoms with Crippen molar-refractivity contribution in [3.63, 3.8) is 0 Å². The maximum Gasteiger partial charge on any atom is 0.140 e. The van der Waals surface area contributed by atoms with Crippen molar-refractivity contribution in [3.05, 3.63) is 45.4 Å². The van der Waals surface area contributed by atoms with E-state index in [9.17, 15) is 0 Å². The van der Waals surface area contributed by atoms with Gasteiger partial charge in [-0.25, -0.2) is 4.98 Å². The number of ether oxygens (including phenoxy) is 1. The summed E-state index contributed by atoms with van der Waals surface area (Å²) in [6.45, 7) is 5.75. The van der Waals surface area contributed by atoms with Gasteiger partial charge in [0.05, 0.1) is 0 Å². The van der Waals surface area contributed by atoms with E-state index in [-0.39, 0.29) is 0 Å². The first kappa shape index (κ1) is 14.5. The third kappa shape index (κ3) is 3.44. The Kier molecular flexibility index (Phi) is 4.56. The molecule has 0 amide bonds. The highest BCUT2D eigenvalue weighted by Gasteiger charge is 2.19. The fraction of sp³-hybridized carbons (Fsp3) is 0.471. The van der Waals surface area contributed by atoms with Crippen LogP contribution in [0.4, 0.5) is 0 Å². The third-order valence-corrected chi connectivity index (χ3v) is 4.85. The topological polar surface area (TPSA) is 34.1 Å². The molecule has 0 bridgehead atoms. The van der Waals surface area contributed by atoms with E-state index in [1.807, 2.05) is 6.92 Å². The highest BCUT2D eigenvalue weighted by Crippen LogP contribution is 2.32. The van der Waals surface area contributed by atoms with Gasteiger partial charge < -0.3 is 10.1 Å². The predicted molar refractivity (Wildman–Crippen MR) is 87.0 cm³/mol. The van der Waals surface area contributed by atoms with Crippen molar-refractivity contribution in [3.8, 4) is 5.75 Å². The Morgan fingerprint density at radius 1 is 1.43 bits per heavy atom. The van der Waals surface area contributed by atoms with Crippen LogP contribution in [0.2, 0.25) is 0 Å². The molecule has 1 unspecified atom stereocenters. The second-order valence-corrected chi connectivity index (χ2v) is 6.48. The maximum atomic E-state index is 5.92. The lowest BCUT2D eigenvalue weighted by Gasteiger charge is -2.26. The van der Waals surface area contributed by atoms with E-state index >= 15 is 0 Å². The number of aryl methyl sites for hydroxylation is 2.